The van der Waals surface area contributed by atoms with Crippen molar-refractivity contribution in [3.8, 4) is 0 Å². The standard InChI is InChI=1S/C16H25FN2O/c1-4-18-12(2)14-8-5-9-15(17)16(14)19-10-6-7-13(11-19)20-3/h5,8-9,12-13,18H,4,6-7,10-11H2,1-3H3. The normalized spacial score (nSPS) is 21.0. The van der Waals surface area contributed by atoms with Gasteiger partial charge in [0.25, 0.3) is 0 Å². The summed E-state index contributed by atoms with van der Waals surface area (Å²) in [6.07, 6.45) is 2.30. The first-order valence-corrected chi connectivity index (χ1v) is 7.46. The Kier molecular flexibility index (Phi) is 5.38. The summed E-state index contributed by atoms with van der Waals surface area (Å²) >= 11 is 0. The average molecular weight is 280 g/mol. The summed E-state index contributed by atoms with van der Waals surface area (Å²) in [5, 5.41) is 3.37. The number of benzene rings is 1. The summed E-state index contributed by atoms with van der Waals surface area (Å²) in [6, 6.07) is 5.50. The Labute approximate surface area is 121 Å². The highest BCUT2D eigenvalue weighted by Gasteiger charge is 2.25. The van der Waals surface area contributed by atoms with E-state index in [9.17, 15) is 4.39 Å². The number of ether oxygens (including phenoxy) is 1. The lowest BCUT2D eigenvalue weighted by atomic mass is 10.0. The summed E-state index contributed by atoms with van der Waals surface area (Å²) in [7, 11) is 1.73. The first-order chi connectivity index (χ1) is 9.67. The highest BCUT2D eigenvalue weighted by molar-refractivity contribution is 5.56. The van der Waals surface area contributed by atoms with Gasteiger partial charge in [-0.25, -0.2) is 4.39 Å². The molecule has 1 heterocycles. The number of para-hydroxylation sites is 1. The van der Waals surface area contributed by atoms with Crippen molar-refractivity contribution >= 4 is 5.69 Å². The molecular formula is C16H25FN2O. The topological polar surface area (TPSA) is 24.5 Å². The maximum absolute atomic E-state index is 14.4. The third-order valence-corrected chi connectivity index (χ3v) is 4.02. The molecule has 2 rings (SSSR count). The van der Waals surface area contributed by atoms with E-state index in [0.29, 0.717) is 0 Å². The average Bonchev–Trinajstić information content (AvgIpc) is 2.47. The number of rotatable bonds is 5. The van der Waals surface area contributed by atoms with Crippen LogP contribution >= 0.6 is 0 Å². The largest absolute Gasteiger partial charge is 0.380 e. The number of hydrogen-bond donors (Lipinski definition) is 1. The van der Waals surface area contributed by atoms with Gasteiger partial charge in [0.15, 0.2) is 0 Å². The van der Waals surface area contributed by atoms with Crippen molar-refractivity contribution < 1.29 is 9.13 Å². The molecule has 3 nitrogen and oxygen atoms in total. The fourth-order valence-corrected chi connectivity index (χ4v) is 2.96. The molecule has 0 saturated carbocycles. The molecule has 4 heteroatoms. The van der Waals surface area contributed by atoms with Gasteiger partial charge in [-0.1, -0.05) is 19.1 Å². The summed E-state index contributed by atoms with van der Waals surface area (Å²) in [5.41, 5.74) is 1.77. The zero-order chi connectivity index (χ0) is 14.5. The second-order valence-electron chi connectivity index (χ2n) is 5.40. The monoisotopic (exact) mass is 280 g/mol. The quantitative estimate of drug-likeness (QED) is 0.897. The molecule has 1 saturated heterocycles. The predicted octanol–water partition coefficient (Wildman–Crippen LogP) is 3.11. The summed E-state index contributed by atoms with van der Waals surface area (Å²) < 4.78 is 19.8. The molecule has 2 atom stereocenters. The van der Waals surface area contributed by atoms with Crippen LogP contribution in [-0.4, -0.2) is 32.8 Å². The molecule has 0 radical (unpaired) electrons. The third kappa shape index (κ3) is 3.30. The minimum Gasteiger partial charge on any atom is -0.380 e. The van der Waals surface area contributed by atoms with Crippen molar-refractivity contribution in [2.45, 2.75) is 38.8 Å². The highest BCUT2D eigenvalue weighted by Crippen LogP contribution is 2.31. The molecule has 0 amide bonds. The fraction of sp³-hybridized carbons (Fsp3) is 0.625. The van der Waals surface area contributed by atoms with E-state index < -0.39 is 0 Å². The fourth-order valence-electron chi connectivity index (χ4n) is 2.96. The van der Waals surface area contributed by atoms with Gasteiger partial charge in [-0.3, -0.25) is 0 Å². The number of halogens is 1. The Morgan fingerprint density at radius 2 is 2.30 bits per heavy atom. The van der Waals surface area contributed by atoms with E-state index >= 15 is 0 Å². The smallest absolute Gasteiger partial charge is 0.146 e. The van der Waals surface area contributed by atoms with E-state index in [1.54, 1.807) is 19.2 Å². The van der Waals surface area contributed by atoms with Crippen LogP contribution in [0.3, 0.4) is 0 Å². The molecule has 1 aliphatic rings. The van der Waals surface area contributed by atoms with Crippen molar-refractivity contribution in [3.63, 3.8) is 0 Å². The van der Waals surface area contributed by atoms with Crippen molar-refractivity contribution in [1.82, 2.24) is 5.32 Å². The molecule has 1 fully saturated rings. The molecule has 20 heavy (non-hydrogen) atoms. The Morgan fingerprint density at radius 3 is 3.00 bits per heavy atom. The number of nitrogens with zero attached hydrogens (tertiary/aromatic N) is 1. The zero-order valence-corrected chi connectivity index (χ0v) is 12.7. The Hall–Kier alpha value is -1.13. The van der Waals surface area contributed by atoms with Gasteiger partial charge in [-0.2, -0.15) is 0 Å². The number of anilines is 1. The Balaban J connectivity index is 2.29. The number of nitrogens with one attached hydrogen (secondary N) is 1. The second kappa shape index (κ2) is 7.04. The first kappa shape index (κ1) is 15.3. The second-order valence-corrected chi connectivity index (χ2v) is 5.40. The number of piperidine rings is 1. The SMILES string of the molecule is CCNC(C)c1cccc(F)c1N1CCCC(OC)C1. The highest BCUT2D eigenvalue weighted by atomic mass is 19.1. The Morgan fingerprint density at radius 1 is 1.50 bits per heavy atom. The van der Waals surface area contributed by atoms with Crippen LogP contribution in [0.15, 0.2) is 18.2 Å². The van der Waals surface area contributed by atoms with Gasteiger partial charge in [0.1, 0.15) is 5.82 Å². The van der Waals surface area contributed by atoms with Crippen molar-refractivity contribution in [2.75, 3.05) is 31.6 Å². The molecule has 1 aromatic carbocycles. The van der Waals surface area contributed by atoms with Gasteiger partial charge in [0, 0.05) is 26.2 Å². The van der Waals surface area contributed by atoms with E-state index in [1.165, 1.54) is 0 Å². The maximum Gasteiger partial charge on any atom is 0.146 e. The molecule has 1 aromatic rings. The third-order valence-electron chi connectivity index (χ3n) is 4.02. The van der Waals surface area contributed by atoms with E-state index in [1.807, 2.05) is 6.07 Å². The van der Waals surface area contributed by atoms with E-state index in [4.69, 9.17) is 4.74 Å². The van der Waals surface area contributed by atoms with Crippen LogP contribution in [0.5, 0.6) is 0 Å². The van der Waals surface area contributed by atoms with Crippen LogP contribution in [-0.2, 0) is 4.74 Å². The Bertz CT molecular complexity index is 438. The van der Waals surface area contributed by atoms with Gasteiger partial charge < -0.3 is 15.0 Å². The molecule has 2 unspecified atom stereocenters. The zero-order valence-electron chi connectivity index (χ0n) is 12.7. The molecule has 1 aliphatic heterocycles. The maximum atomic E-state index is 14.4. The molecular weight excluding hydrogens is 255 g/mol. The van der Waals surface area contributed by atoms with Crippen LogP contribution in [0, 0.1) is 5.82 Å². The summed E-state index contributed by atoms with van der Waals surface area (Å²) in [4.78, 5) is 2.14. The lowest BCUT2D eigenvalue weighted by Crippen LogP contribution is -2.40. The van der Waals surface area contributed by atoms with Crippen LogP contribution in [0.25, 0.3) is 0 Å². The lowest BCUT2D eigenvalue weighted by molar-refractivity contribution is 0.0891. The molecule has 0 spiro atoms. The van der Waals surface area contributed by atoms with Crippen LogP contribution in [0.4, 0.5) is 10.1 Å². The minimum absolute atomic E-state index is 0.135. The van der Waals surface area contributed by atoms with Crippen LogP contribution in [0.1, 0.15) is 38.3 Å². The molecule has 112 valence electrons. The van der Waals surface area contributed by atoms with Crippen molar-refractivity contribution in [1.29, 1.82) is 0 Å². The molecule has 0 aliphatic carbocycles. The molecule has 0 bridgehead atoms. The molecule has 0 aromatic heterocycles. The van der Waals surface area contributed by atoms with Crippen LogP contribution in [0.2, 0.25) is 0 Å². The van der Waals surface area contributed by atoms with E-state index in [-0.39, 0.29) is 18.0 Å². The first-order valence-electron chi connectivity index (χ1n) is 7.46. The lowest BCUT2D eigenvalue weighted by Gasteiger charge is -2.36. The molecule has 1 N–H and O–H groups in total. The number of hydrogen-bond acceptors (Lipinski definition) is 3. The van der Waals surface area contributed by atoms with Gasteiger partial charge in [-0.05, 0) is 37.9 Å². The van der Waals surface area contributed by atoms with Crippen molar-refractivity contribution in [2.24, 2.45) is 0 Å². The van der Waals surface area contributed by atoms with Gasteiger partial charge in [0.05, 0.1) is 11.8 Å². The predicted molar refractivity (Wildman–Crippen MR) is 80.7 cm³/mol. The van der Waals surface area contributed by atoms with E-state index in [0.717, 1.165) is 43.7 Å². The van der Waals surface area contributed by atoms with Gasteiger partial charge >= 0.3 is 0 Å². The summed E-state index contributed by atoms with van der Waals surface area (Å²) in [5.74, 6) is -0.135. The van der Waals surface area contributed by atoms with Crippen molar-refractivity contribution in [3.05, 3.63) is 29.6 Å². The number of methoxy groups -OCH3 is 1. The summed E-state index contributed by atoms with van der Waals surface area (Å²) in [6.45, 7) is 6.69. The van der Waals surface area contributed by atoms with Crippen LogP contribution < -0.4 is 10.2 Å². The minimum atomic E-state index is -0.135. The van der Waals surface area contributed by atoms with Gasteiger partial charge in [0.2, 0.25) is 0 Å². The van der Waals surface area contributed by atoms with E-state index in [2.05, 4.69) is 24.1 Å². The van der Waals surface area contributed by atoms with Gasteiger partial charge in [-0.15, -0.1) is 0 Å².